The van der Waals surface area contributed by atoms with E-state index < -0.39 is 0 Å². The smallest absolute Gasteiger partial charge is 0.0771 e. The maximum absolute atomic E-state index is 8.43. The largest absolute Gasteiger partial charge is 0.271 e. The molecular formula is C8H11N3. The summed E-state index contributed by atoms with van der Waals surface area (Å²) in [5.41, 5.74) is 2.04. The molecular weight excluding hydrogens is 138 g/mol. The number of aryl methyl sites for hydroxylation is 2. The van der Waals surface area contributed by atoms with Crippen LogP contribution in [-0.2, 0) is 19.9 Å². The van der Waals surface area contributed by atoms with E-state index in [1.807, 2.05) is 13.1 Å². The lowest BCUT2D eigenvalue weighted by Gasteiger charge is -1.91. The Morgan fingerprint density at radius 2 is 2.45 bits per heavy atom. The van der Waals surface area contributed by atoms with Crippen molar-refractivity contribution < 1.29 is 0 Å². The van der Waals surface area contributed by atoms with Crippen LogP contribution in [0, 0.1) is 11.3 Å². The molecule has 3 nitrogen and oxygen atoms in total. The summed E-state index contributed by atoms with van der Waals surface area (Å²) in [6.07, 6.45) is 1.38. The van der Waals surface area contributed by atoms with E-state index in [1.54, 1.807) is 4.68 Å². The molecule has 0 aromatic carbocycles. The first kappa shape index (κ1) is 7.80. The Balaban J connectivity index is 2.90. The van der Waals surface area contributed by atoms with Gasteiger partial charge < -0.3 is 0 Å². The van der Waals surface area contributed by atoms with E-state index in [2.05, 4.69) is 18.1 Å². The molecule has 1 aromatic rings. The maximum Gasteiger partial charge on any atom is 0.0771 e. The van der Waals surface area contributed by atoms with Crippen molar-refractivity contribution in [3.05, 3.63) is 17.5 Å². The van der Waals surface area contributed by atoms with Gasteiger partial charge in [-0.15, -0.1) is 0 Å². The lowest BCUT2D eigenvalue weighted by Crippen LogP contribution is -1.96. The van der Waals surface area contributed by atoms with E-state index in [4.69, 9.17) is 5.26 Å². The van der Waals surface area contributed by atoms with E-state index in [0.717, 1.165) is 17.8 Å². The molecule has 58 valence electrons. The number of nitriles is 1. The van der Waals surface area contributed by atoms with Gasteiger partial charge in [0, 0.05) is 7.05 Å². The summed E-state index contributed by atoms with van der Waals surface area (Å²) < 4.78 is 1.77. The van der Waals surface area contributed by atoms with Crippen LogP contribution in [0.1, 0.15) is 18.3 Å². The van der Waals surface area contributed by atoms with Crippen molar-refractivity contribution in [3.63, 3.8) is 0 Å². The average Bonchev–Trinajstić information content (AvgIpc) is 2.33. The highest BCUT2D eigenvalue weighted by molar-refractivity contribution is 5.13. The molecule has 0 saturated carbocycles. The quantitative estimate of drug-likeness (QED) is 0.630. The van der Waals surface area contributed by atoms with Gasteiger partial charge in [-0.05, 0) is 12.5 Å². The van der Waals surface area contributed by atoms with Gasteiger partial charge in [-0.2, -0.15) is 10.4 Å². The molecule has 0 aliphatic carbocycles. The van der Waals surface area contributed by atoms with Gasteiger partial charge in [0.25, 0.3) is 0 Å². The molecule has 0 amide bonds. The van der Waals surface area contributed by atoms with Gasteiger partial charge >= 0.3 is 0 Å². The number of nitrogens with zero attached hydrogens (tertiary/aromatic N) is 3. The molecule has 0 spiro atoms. The highest BCUT2D eigenvalue weighted by atomic mass is 15.3. The Kier molecular flexibility index (Phi) is 2.27. The molecule has 0 aliphatic rings. The zero-order valence-corrected chi connectivity index (χ0v) is 6.83. The van der Waals surface area contributed by atoms with Crippen molar-refractivity contribution in [2.75, 3.05) is 0 Å². The summed E-state index contributed by atoms with van der Waals surface area (Å²) in [6.45, 7) is 2.05. The van der Waals surface area contributed by atoms with Gasteiger partial charge in [-0.25, -0.2) is 0 Å². The summed E-state index contributed by atoms with van der Waals surface area (Å²) in [4.78, 5) is 0. The minimum absolute atomic E-state index is 0.448. The Bertz CT molecular complexity index is 280. The topological polar surface area (TPSA) is 41.6 Å². The third-order valence-corrected chi connectivity index (χ3v) is 1.65. The van der Waals surface area contributed by atoms with Crippen LogP contribution < -0.4 is 0 Å². The van der Waals surface area contributed by atoms with Crippen molar-refractivity contribution in [1.29, 1.82) is 5.26 Å². The first-order chi connectivity index (χ1) is 5.27. The standard InChI is InChI=1S/C8H11N3/c1-3-7-6-8(4-5-9)11(2)10-7/h6H,3-4H2,1-2H3. The summed E-state index contributed by atoms with van der Waals surface area (Å²) >= 11 is 0. The molecule has 0 radical (unpaired) electrons. The summed E-state index contributed by atoms with van der Waals surface area (Å²) in [5.74, 6) is 0. The Hall–Kier alpha value is -1.30. The van der Waals surface area contributed by atoms with Crippen LogP contribution in [0.4, 0.5) is 0 Å². The van der Waals surface area contributed by atoms with Gasteiger partial charge in [0.15, 0.2) is 0 Å². The van der Waals surface area contributed by atoms with Crippen LogP contribution in [0.3, 0.4) is 0 Å². The van der Waals surface area contributed by atoms with E-state index >= 15 is 0 Å². The second-order valence-corrected chi connectivity index (χ2v) is 2.44. The van der Waals surface area contributed by atoms with Crippen LogP contribution in [0.5, 0.6) is 0 Å². The highest BCUT2D eigenvalue weighted by Crippen LogP contribution is 2.03. The minimum Gasteiger partial charge on any atom is -0.271 e. The fraction of sp³-hybridized carbons (Fsp3) is 0.500. The number of aromatic nitrogens is 2. The van der Waals surface area contributed by atoms with Crippen LogP contribution in [0.2, 0.25) is 0 Å². The first-order valence-electron chi connectivity index (χ1n) is 3.66. The fourth-order valence-electron chi connectivity index (χ4n) is 0.991. The first-order valence-corrected chi connectivity index (χ1v) is 3.66. The van der Waals surface area contributed by atoms with Crippen molar-refractivity contribution in [2.45, 2.75) is 19.8 Å². The molecule has 11 heavy (non-hydrogen) atoms. The molecule has 3 heteroatoms. The van der Waals surface area contributed by atoms with Crippen molar-refractivity contribution in [3.8, 4) is 6.07 Å². The number of hydrogen-bond donors (Lipinski definition) is 0. The van der Waals surface area contributed by atoms with Gasteiger partial charge in [0.05, 0.1) is 23.9 Å². The second kappa shape index (κ2) is 3.20. The fourth-order valence-corrected chi connectivity index (χ4v) is 0.991. The molecule has 0 N–H and O–H groups in total. The Morgan fingerprint density at radius 3 is 2.91 bits per heavy atom. The molecule has 0 saturated heterocycles. The lowest BCUT2D eigenvalue weighted by molar-refractivity contribution is 0.714. The predicted octanol–water partition coefficient (Wildman–Crippen LogP) is 1.05. The highest BCUT2D eigenvalue weighted by Gasteiger charge is 2.01. The Morgan fingerprint density at radius 1 is 1.73 bits per heavy atom. The normalized spacial score (nSPS) is 9.55. The third-order valence-electron chi connectivity index (χ3n) is 1.65. The van der Waals surface area contributed by atoms with Gasteiger partial charge in [0.1, 0.15) is 0 Å². The minimum atomic E-state index is 0.448. The van der Waals surface area contributed by atoms with Crippen LogP contribution >= 0.6 is 0 Å². The molecule has 0 aliphatic heterocycles. The summed E-state index contributed by atoms with van der Waals surface area (Å²) in [7, 11) is 1.87. The summed E-state index contributed by atoms with van der Waals surface area (Å²) in [6, 6.07) is 4.08. The summed E-state index contributed by atoms with van der Waals surface area (Å²) in [5, 5.41) is 12.6. The Labute approximate surface area is 66.3 Å². The molecule has 1 heterocycles. The van der Waals surface area contributed by atoms with Gasteiger partial charge in [0.2, 0.25) is 0 Å². The maximum atomic E-state index is 8.43. The van der Waals surface area contributed by atoms with E-state index in [0.29, 0.717) is 6.42 Å². The molecule has 0 bridgehead atoms. The van der Waals surface area contributed by atoms with Crippen molar-refractivity contribution in [2.24, 2.45) is 7.05 Å². The van der Waals surface area contributed by atoms with E-state index in [9.17, 15) is 0 Å². The monoisotopic (exact) mass is 149 g/mol. The molecule has 0 unspecified atom stereocenters. The van der Waals surface area contributed by atoms with Crippen molar-refractivity contribution in [1.82, 2.24) is 9.78 Å². The van der Waals surface area contributed by atoms with E-state index in [1.165, 1.54) is 0 Å². The SMILES string of the molecule is CCc1cc(CC#N)n(C)n1. The zero-order chi connectivity index (χ0) is 8.27. The predicted molar refractivity (Wildman–Crippen MR) is 41.9 cm³/mol. The number of hydrogen-bond acceptors (Lipinski definition) is 2. The number of rotatable bonds is 2. The second-order valence-electron chi connectivity index (χ2n) is 2.44. The molecule has 0 fully saturated rings. The van der Waals surface area contributed by atoms with Crippen LogP contribution in [-0.4, -0.2) is 9.78 Å². The van der Waals surface area contributed by atoms with Gasteiger partial charge in [-0.3, -0.25) is 4.68 Å². The van der Waals surface area contributed by atoms with Gasteiger partial charge in [-0.1, -0.05) is 6.92 Å². The average molecular weight is 149 g/mol. The zero-order valence-electron chi connectivity index (χ0n) is 6.83. The molecule has 0 atom stereocenters. The molecule has 1 rings (SSSR count). The lowest BCUT2D eigenvalue weighted by atomic mass is 10.2. The third kappa shape index (κ3) is 1.58. The van der Waals surface area contributed by atoms with Crippen LogP contribution in [0.25, 0.3) is 0 Å². The van der Waals surface area contributed by atoms with Crippen molar-refractivity contribution >= 4 is 0 Å². The van der Waals surface area contributed by atoms with E-state index in [-0.39, 0.29) is 0 Å². The van der Waals surface area contributed by atoms with Crippen LogP contribution in [0.15, 0.2) is 6.07 Å². The molecule has 1 aromatic heterocycles.